The van der Waals surface area contributed by atoms with Gasteiger partial charge >= 0.3 is 0 Å². The Morgan fingerprint density at radius 1 is 1.03 bits per heavy atom. The van der Waals surface area contributed by atoms with Crippen LogP contribution in [0.1, 0.15) is 55.3 Å². The van der Waals surface area contributed by atoms with Crippen LogP contribution in [0.3, 0.4) is 0 Å². The van der Waals surface area contributed by atoms with Gasteiger partial charge in [0.25, 0.3) is 0 Å². The van der Waals surface area contributed by atoms with Gasteiger partial charge < -0.3 is 5.32 Å². The summed E-state index contributed by atoms with van der Waals surface area (Å²) < 4.78 is 27.4. The number of benzene rings is 2. The fourth-order valence-electron chi connectivity index (χ4n) is 4.69. The minimum Gasteiger partial charge on any atom is -0.349 e. The van der Waals surface area contributed by atoms with E-state index < -0.39 is 10.0 Å². The lowest BCUT2D eigenvalue weighted by Crippen LogP contribution is -2.43. The monoisotopic (exact) mass is 472 g/mol. The summed E-state index contributed by atoms with van der Waals surface area (Å²) in [5.41, 5.74) is 4.00. The van der Waals surface area contributed by atoms with Crippen LogP contribution < -0.4 is 5.32 Å². The van der Waals surface area contributed by atoms with Crippen molar-refractivity contribution in [2.24, 2.45) is 5.92 Å². The lowest BCUT2D eigenvalue weighted by atomic mass is 9.89. The number of amides is 1. The molecule has 0 spiro atoms. The first-order chi connectivity index (χ1) is 15.4. The number of sulfonamides is 1. The van der Waals surface area contributed by atoms with Gasteiger partial charge in [-0.1, -0.05) is 18.2 Å². The first-order valence-corrected chi connectivity index (χ1v) is 14.1. The molecule has 1 heterocycles. The van der Waals surface area contributed by atoms with E-state index in [4.69, 9.17) is 0 Å². The molecule has 4 rings (SSSR count). The topological polar surface area (TPSA) is 66.5 Å². The van der Waals surface area contributed by atoms with E-state index in [1.165, 1.54) is 28.3 Å². The molecule has 2 aromatic rings. The summed E-state index contributed by atoms with van der Waals surface area (Å²) in [4.78, 5) is 14.2. The second kappa shape index (κ2) is 9.98. The molecule has 1 N–H and O–H groups in total. The molecule has 0 bridgehead atoms. The first-order valence-electron chi connectivity index (χ1n) is 11.4. The highest BCUT2D eigenvalue weighted by Crippen LogP contribution is 2.27. The number of hydrogen-bond acceptors (Lipinski definition) is 4. The zero-order valence-corrected chi connectivity index (χ0v) is 20.5. The molecule has 0 unspecified atom stereocenters. The number of nitrogens with zero attached hydrogens (tertiary/aromatic N) is 1. The molecule has 0 aromatic heterocycles. The Hall–Kier alpha value is -1.83. The van der Waals surface area contributed by atoms with Crippen molar-refractivity contribution >= 4 is 27.7 Å². The number of piperidine rings is 1. The standard InChI is InChI=1S/C25H32N2O3S2/c1-18(21-8-7-19-5-3-4-6-22(19)17-21)26-25(28)20-13-15-27(16-14-20)32(29,30)24-11-9-23(31-2)10-12-24/h7-12,17-18,20H,3-6,13-16H2,1-2H3,(H,26,28)/t18-/m0/s1. The molecule has 5 nitrogen and oxygen atoms in total. The normalized spacial score (nSPS) is 18.7. The number of fused-ring (bicyclic) bond motifs is 1. The molecule has 1 aliphatic carbocycles. The molecule has 0 saturated carbocycles. The van der Waals surface area contributed by atoms with Crippen LogP contribution in [0.15, 0.2) is 52.3 Å². The molecule has 2 aromatic carbocycles. The van der Waals surface area contributed by atoms with Gasteiger partial charge in [-0.25, -0.2) is 8.42 Å². The first kappa shape index (κ1) is 23.3. The molecule has 0 radical (unpaired) electrons. The highest BCUT2D eigenvalue weighted by molar-refractivity contribution is 7.98. The fraction of sp³-hybridized carbons (Fsp3) is 0.480. The Balaban J connectivity index is 1.34. The molecule has 1 saturated heterocycles. The van der Waals surface area contributed by atoms with E-state index in [0.717, 1.165) is 23.3 Å². The molecule has 172 valence electrons. The van der Waals surface area contributed by atoms with Crippen molar-refractivity contribution in [2.75, 3.05) is 19.3 Å². The van der Waals surface area contributed by atoms with E-state index in [0.29, 0.717) is 30.8 Å². The van der Waals surface area contributed by atoms with E-state index >= 15 is 0 Å². The van der Waals surface area contributed by atoms with Gasteiger partial charge in [0.15, 0.2) is 0 Å². The van der Waals surface area contributed by atoms with Gasteiger partial charge in [0.1, 0.15) is 0 Å². The van der Waals surface area contributed by atoms with Crippen molar-refractivity contribution in [1.29, 1.82) is 0 Å². The van der Waals surface area contributed by atoms with Gasteiger partial charge in [-0.05, 0) is 92.7 Å². The van der Waals surface area contributed by atoms with Gasteiger partial charge in [-0.3, -0.25) is 4.79 Å². The van der Waals surface area contributed by atoms with Crippen molar-refractivity contribution < 1.29 is 13.2 Å². The lowest BCUT2D eigenvalue weighted by molar-refractivity contribution is -0.126. The zero-order valence-electron chi connectivity index (χ0n) is 18.8. The van der Waals surface area contributed by atoms with Crippen molar-refractivity contribution in [3.05, 3.63) is 59.2 Å². The number of rotatable bonds is 6. The molecule has 2 aliphatic rings. The molecule has 1 aliphatic heterocycles. The molecule has 1 amide bonds. The number of hydrogen-bond donors (Lipinski definition) is 1. The predicted octanol–water partition coefficient (Wildman–Crippen LogP) is 4.57. The summed E-state index contributed by atoms with van der Waals surface area (Å²) in [6.07, 6.45) is 7.83. The van der Waals surface area contributed by atoms with Gasteiger partial charge in [0.05, 0.1) is 10.9 Å². The van der Waals surface area contributed by atoms with Crippen LogP contribution in [0.5, 0.6) is 0 Å². The molecule has 1 atom stereocenters. The average molecular weight is 473 g/mol. The Morgan fingerprint density at radius 3 is 2.34 bits per heavy atom. The quantitative estimate of drug-likeness (QED) is 0.626. The van der Waals surface area contributed by atoms with E-state index in [1.807, 2.05) is 25.3 Å². The van der Waals surface area contributed by atoms with Crippen molar-refractivity contribution in [2.45, 2.75) is 61.3 Å². The SMILES string of the molecule is CSc1ccc(S(=O)(=O)N2CCC(C(=O)N[C@@H](C)c3ccc4c(c3)CCCC4)CC2)cc1. The number of nitrogens with one attached hydrogen (secondary N) is 1. The summed E-state index contributed by atoms with van der Waals surface area (Å²) in [5.74, 6) is -0.128. The summed E-state index contributed by atoms with van der Waals surface area (Å²) >= 11 is 1.58. The predicted molar refractivity (Wildman–Crippen MR) is 129 cm³/mol. The number of carbonyl (C=O) groups is 1. The zero-order chi connectivity index (χ0) is 22.7. The van der Waals surface area contributed by atoms with Crippen LogP contribution in [0.2, 0.25) is 0 Å². The summed E-state index contributed by atoms with van der Waals surface area (Å²) in [5, 5.41) is 3.16. The highest BCUT2D eigenvalue weighted by atomic mass is 32.2. The maximum atomic E-state index is 13.0. The molecule has 1 fully saturated rings. The second-order valence-electron chi connectivity index (χ2n) is 8.82. The Kier molecular flexibility index (Phi) is 7.27. The van der Waals surface area contributed by atoms with Gasteiger partial charge in [0.2, 0.25) is 15.9 Å². The Labute approximate surface area is 196 Å². The van der Waals surface area contributed by atoms with Crippen LogP contribution in [0, 0.1) is 5.92 Å². The van der Waals surface area contributed by atoms with Crippen LogP contribution in [0.4, 0.5) is 0 Å². The Bertz CT molecular complexity index is 1060. The van der Waals surface area contributed by atoms with E-state index in [9.17, 15) is 13.2 Å². The number of aryl methyl sites for hydroxylation is 2. The highest BCUT2D eigenvalue weighted by Gasteiger charge is 2.32. The maximum Gasteiger partial charge on any atom is 0.243 e. The molecular formula is C25H32N2O3S2. The van der Waals surface area contributed by atoms with Gasteiger partial charge in [-0.15, -0.1) is 11.8 Å². The third-order valence-electron chi connectivity index (χ3n) is 6.75. The van der Waals surface area contributed by atoms with Crippen LogP contribution in [-0.4, -0.2) is 38.0 Å². The van der Waals surface area contributed by atoms with E-state index in [2.05, 4.69) is 23.5 Å². The van der Waals surface area contributed by atoms with Crippen LogP contribution in [-0.2, 0) is 27.7 Å². The van der Waals surface area contributed by atoms with Gasteiger partial charge in [-0.2, -0.15) is 4.31 Å². The largest absolute Gasteiger partial charge is 0.349 e. The third-order valence-corrected chi connectivity index (χ3v) is 9.41. The minimum absolute atomic E-state index is 0.0246. The molecule has 32 heavy (non-hydrogen) atoms. The maximum absolute atomic E-state index is 13.0. The summed E-state index contributed by atoms with van der Waals surface area (Å²) in [7, 11) is -3.52. The Morgan fingerprint density at radius 2 is 1.69 bits per heavy atom. The average Bonchev–Trinajstić information content (AvgIpc) is 2.83. The second-order valence-corrected chi connectivity index (χ2v) is 11.6. The summed E-state index contributed by atoms with van der Waals surface area (Å²) in [6.45, 7) is 2.77. The van der Waals surface area contributed by atoms with Crippen LogP contribution >= 0.6 is 11.8 Å². The lowest BCUT2D eigenvalue weighted by Gasteiger charge is -2.31. The fourth-order valence-corrected chi connectivity index (χ4v) is 6.57. The van der Waals surface area contributed by atoms with Crippen LogP contribution in [0.25, 0.3) is 0 Å². The summed E-state index contributed by atoms with van der Waals surface area (Å²) in [6, 6.07) is 13.5. The minimum atomic E-state index is -3.52. The smallest absolute Gasteiger partial charge is 0.243 e. The molecule has 7 heteroatoms. The number of carbonyl (C=O) groups excluding carboxylic acids is 1. The third kappa shape index (κ3) is 5.05. The molecular weight excluding hydrogens is 440 g/mol. The van der Waals surface area contributed by atoms with E-state index in [-0.39, 0.29) is 17.9 Å². The van der Waals surface area contributed by atoms with Crippen molar-refractivity contribution in [1.82, 2.24) is 9.62 Å². The number of thioether (sulfide) groups is 1. The van der Waals surface area contributed by atoms with E-state index in [1.54, 1.807) is 23.9 Å². The van der Waals surface area contributed by atoms with Gasteiger partial charge in [0, 0.05) is 23.9 Å². The van der Waals surface area contributed by atoms with Crippen molar-refractivity contribution in [3.8, 4) is 0 Å². The van der Waals surface area contributed by atoms with Crippen molar-refractivity contribution in [3.63, 3.8) is 0 Å².